The predicted molar refractivity (Wildman–Crippen MR) is 75.8 cm³/mol. The number of ether oxygens (including phenoxy) is 1. The Hall–Kier alpha value is -1.35. The highest BCUT2D eigenvalue weighted by molar-refractivity contribution is 5.40. The lowest BCUT2D eigenvalue weighted by Crippen LogP contribution is -2.30. The lowest BCUT2D eigenvalue weighted by Gasteiger charge is -2.31. The third-order valence-corrected chi connectivity index (χ3v) is 4.18. The average molecular weight is 261 g/mol. The van der Waals surface area contributed by atoms with E-state index in [1.54, 1.807) is 0 Å². The molecular formula is C16H23NO2. The van der Waals surface area contributed by atoms with Crippen molar-refractivity contribution in [3.63, 3.8) is 0 Å². The summed E-state index contributed by atoms with van der Waals surface area (Å²) in [5.41, 5.74) is 0.587. The molecule has 0 aliphatic carbocycles. The molecular weight excluding hydrogens is 238 g/mol. The van der Waals surface area contributed by atoms with E-state index < -0.39 is 5.60 Å². The van der Waals surface area contributed by atoms with E-state index >= 15 is 0 Å². The predicted octanol–water partition coefficient (Wildman–Crippen LogP) is 2.85. The molecule has 1 atom stereocenters. The molecule has 1 heterocycles. The van der Waals surface area contributed by atoms with Crippen LogP contribution in [-0.2, 0) is 15.1 Å². The van der Waals surface area contributed by atoms with Gasteiger partial charge in [-0.25, -0.2) is 0 Å². The summed E-state index contributed by atoms with van der Waals surface area (Å²) in [7, 11) is 0. The minimum Gasteiger partial charge on any atom is -0.457 e. The summed E-state index contributed by atoms with van der Waals surface area (Å²) in [4.78, 5) is 10.8. The second kappa shape index (κ2) is 6.71. The third-order valence-electron chi connectivity index (χ3n) is 4.18. The van der Waals surface area contributed by atoms with Crippen molar-refractivity contribution in [2.45, 2.75) is 38.2 Å². The smallest absolute Gasteiger partial charge is 0.293 e. The fourth-order valence-electron chi connectivity index (χ4n) is 2.82. The van der Waals surface area contributed by atoms with Gasteiger partial charge in [0.05, 0.1) is 0 Å². The van der Waals surface area contributed by atoms with E-state index in [0.29, 0.717) is 6.47 Å². The van der Waals surface area contributed by atoms with Crippen molar-refractivity contribution in [1.82, 2.24) is 5.32 Å². The summed E-state index contributed by atoms with van der Waals surface area (Å²) in [5, 5.41) is 3.38. The molecule has 1 N–H and O–H groups in total. The fraction of sp³-hybridized carbons (Fsp3) is 0.562. The van der Waals surface area contributed by atoms with E-state index in [-0.39, 0.29) is 0 Å². The van der Waals surface area contributed by atoms with Crippen LogP contribution in [0.4, 0.5) is 0 Å². The molecule has 1 saturated heterocycles. The van der Waals surface area contributed by atoms with Crippen molar-refractivity contribution in [1.29, 1.82) is 0 Å². The number of nitrogens with one attached hydrogen (secondary N) is 1. The van der Waals surface area contributed by atoms with Crippen LogP contribution >= 0.6 is 0 Å². The van der Waals surface area contributed by atoms with Crippen LogP contribution in [-0.4, -0.2) is 19.6 Å². The van der Waals surface area contributed by atoms with Crippen molar-refractivity contribution >= 4 is 6.47 Å². The maximum Gasteiger partial charge on any atom is 0.293 e. The molecule has 1 aliphatic rings. The van der Waals surface area contributed by atoms with Gasteiger partial charge in [-0.2, -0.15) is 0 Å². The number of benzene rings is 1. The molecule has 1 aromatic carbocycles. The van der Waals surface area contributed by atoms with Crippen LogP contribution in [0.25, 0.3) is 0 Å². The average Bonchev–Trinajstić information content (AvgIpc) is 2.48. The van der Waals surface area contributed by atoms with E-state index in [4.69, 9.17) is 4.74 Å². The number of carbonyl (C=O) groups is 1. The molecule has 19 heavy (non-hydrogen) atoms. The van der Waals surface area contributed by atoms with Gasteiger partial charge in [0.15, 0.2) is 0 Å². The van der Waals surface area contributed by atoms with Crippen LogP contribution in [0.1, 0.15) is 38.2 Å². The maximum atomic E-state index is 10.8. The lowest BCUT2D eigenvalue weighted by molar-refractivity contribution is -0.144. The van der Waals surface area contributed by atoms with Gasteiger partial charge in [-0.3, -0.25) is 4.79 Å². The van der Waals surface area contributed by atoms with E-state index in [1.807, 2.05) is 37.3 Å². The van der Waals surface area contributed by atoms with Crippen molar-refractivity contribution in [2.75, 3.05) is 13.1 Å². The molecule has 0 aromatic heterocycles. The van der Waals surface area contributed by atoms with Crippen molar-refractivity contribution < 1.29 is 9.53 Å². The zero-order chi connectivity index (χ0) is 13.6. The molecule has 3 nitrogen and oxygen atoms in total. The second-order valence-electron chi connectivity index (χ2n) is 5.54. The summed E-state index contributed by atoms with van der Waals surface area (Å²) < 4.78 is 5.41. The van der Waals surface area contributed by atoms with Crippen LogP contribution in [0.3, 0.4) is 0 Å². The van der Waals surface area contributed by atoms with Crippen LogP contribution in [0.5, 0.6) is 0 Å². The van der Waals surface area contributed by atoms with Gasteiger partial charge < -0.3 is 10.1 Å². The summed E-state index contributed by atoms with van der Waals surface area (Å²) >= 11 is 0. The summed E-state index contributed by atoms with van der Waals surface area (Å²) in [5.74, 6) is 0.750. The molecule has 2 rings (SSSR count). The molecule has 1 aromatic rings. The number of piperidine rings is 1. The Labute approximate surface area is 115 Å². The number of rotatable bonds is 6. The normalized spacial score (nSPS) is 19.6. The molecule has 0 radical (unpaired) electrons. The maximum absolute atomic E-state index is 10.8. The van der Waals surface area contributed by atoms with Crippen molar-refractivity contribution in [2.24, 2.45) is 5.92 Å². The first-order chi connectivity index (χ1) is 9.24. The topological polar surface area (TPSA) is 38.3 Å². The first-order valence-corrected chi connectivity index (χ1v) is 7.12. The van der Waals surface area contributed by atoms with Crippen LogP contribution in [0.15, 0.2) is 30.3 Å². The first kappa shape index (κ1) is 14.1. The molecule has 0 amide bonds. The van der Waals surface area contributed by atoms with E-state index in [0.717, 1.165) is 37.4 Å². The molecule has 104 valence electrons. The zero-order valence-electron chi connectivity index (χ0n) is 11.6. The van der Waals surface area contributed by atoms with Crippen LogP contribution in [0.2, 0.25) is 0 Å². The van der Waals surface area contributed by atoms with Crippen molar-refractivity contribution in [3.8, 4) is 0 Å². The number of hydrogen-bond donors (Lipinski definition) is 1. The Morgan fingerprint density at radius 2 is 2.00 bits per heavy atom. The van der Waals surface area contributed by atoms with Crippen LogP contribution < -0.4 is 5.32 Å². The van der Waals surface area contributed by atoms with Gasteiger partial charge in [0.1, 0.15) is 5.60 Å². The van der Waals surface area contributed by atoms with Gasteiger partial charge in [-0.05, 0) is 57.2 Å². The van der Waals surface area contributed by atoms with Crippen molar-refractivity contribution in [3.05, 3.63) is 35.9 Å². The Morgan fingerprint density at radius 3 is 2.63 bits per heavy atom. The molecule has 0 bridgehead atoms. The lowest BCUT2D eigenvalue weighted by atomic mass is 9.84. The minimum absolute atomic E-state index is 0.492. The Kier molecular flexibility index (Phi) is 4.97. The molecule has 1 aliphatic heterocycles. The van der Waals surface area contributed by atoms with E-state index in [9.17, 15) is 4.79 Å². The summed E-state index contributed by atoms with van der Waals surface area (Å²) in [6.07, 6.45) is 4.46. The van der Waals surface area contributed by atoms with Gasteiger partial charge in [0, 0.05) is 0 Å². The highest BCUT2D eigenvalue weighted by Gasteiger charge is 2.29. The highest BCUT2D eigenvalue weighted by atomic mass is 16.5. The standard InChI is InChI=1S/C16H23NO2/c1-16(19-13-18,15-5-3-2-4-6-15)10-7-14-8-11-17-12-9-14/h2-6,13-14,17H,7-12H2,1H3. The van der Waals surface area contributed by atoms with Gasteiger partial charge in [0.2, 0.25) is 0 Å². The minimum atomic E-state index is -0.492. The molecule has 0 saturated carbocycles. The Morgan fingerprint density at radius 1 is 1.32 bits per heavy atom. The first-order valence-electron chi connectivity index (χ1n) is 7.12. The summed E-state index contributed by atoms with van der Waals surface area (Å²) in [6.45, 7) is 4.82. The van der Waals surface area contributed by atoms with E-state index in [2.05, 4.69) is 5.32 Å². The number of hydrogen-bond acceptors (Lipinski definition) is 3. The molecule has 0 spiro atoms. The van der Waals surface area contributed by atoms with Gasteiger partial charge in [0.25, 0.3) is 6.47 Å². The van der Waals surface area contributed by atoms with Crippen LogP contribution in [0, 0.1) is 5.92 Å². The monoisotopic (exact) mass is 261 g/mol. The number of carbonyl (C=O) groups excluding carboxylic acids is 1. The molecule has 3 heteroatoms. The highest BCUT2D eigenvalue weighted by Crippen LogP contribution is 2.32. The molecule has 1 unspecified atom stereocenters. The Balaban J connectivity index is 2.00. The summed E-state index contributed by atoms with van der Waals surface area (Å²) in [6, 6.07) is 10.0. The molecule has 1 fully saturated rings. The van der Waals surface area contributed by atoms with Gasteiger partial charge in [-0.15, -0.1) is 0 Å². The van der Waals surface area contributed by atoms with Gasteiger partial charge >= 0.3 is 0 Å². The van der Waals surface area contributed by atoms with E-state index in [1.165, 1.54) is 12.8 Å². The fourth-order valence-corrected chi connectivity index (χ4v) is 2.82. The zero-order valence-corrected chi connectivity index (χ0v) is 11.6. The largest absolute Gasteiger partial charge is 0.457 e. The Bertz CT molecular complexity index is 387. The quantitative estimate of drug-likeness (QED) is 0.800. The third kappa shape index (κ3) is 3.80. The SMILES string of the molecule is CC(CCC1CCNCC1)(OC=O)c1ccccc1. The second-order valence-corrected chi connectivity index (χ2v) is 5.54. The van der Waals surface area contributed by atoms with Gasteiger partial charge in [-0.1, -0.05) is 30.3 Å².